The molecule has 3 aromatic rings. The number of halogens is 2. The van der Waals surface area contributed by atoms with Crippen LogP contribution in [0.4, 0.5) is 0 Å². The number of Topliss-reactive ketones (excluding diaryl/α,β-unsaturated/α-hetero) is 1. The Morgan fingerprint density at radius 1 is 1.19 bits per heavy atom. The lowest BCUT2D eigenvalue weighted by Crippen LogP contribution is -2.45. The Morgan fingerprint density at radius 3 is 2.75 bits per heavy atom. The first-order chi connectivity index (χ1) is 15.3. The highest BCUT2D eigenvalue weighted by Crippen LogP contribution is 2.48. The van der Waals surface area contributed by atoms with Gasteiger partial charge in [-0.2, -0.15) is 5.10 Å². The normalized spacial score (nSPS) is 21.6. The van der Waals surface area contributed by atoms with Crippen LogP contribution in [0.5, 0.6) is 0 Å². The molecule has 2 aliphatic rings. The molecule has 3 heterocycles. The third kappa shape index (κ3) is 3.80. The maximum Gasteiger partial charge on any atom is 0.269 e. The van der Waals surface area contributed by atoms with Gasteiger partial charge >= 0.3 is 0 Å². The Bertz CT molecular complexity index is 1280. The number of nitrogens with zero attached hydrogens (tertiary/aromatic N) is 4. The molecule has 5 rings (SSSR count). The summed E-state index contributed by atoms with van der Waals surface area (Å²) in [5.41, 5.74) is 6.76. The van der Waals surface area contributed by atoms with Gasteiger partial charge in [0.1, 0.15) is 11.1 Å². The molecule has 8 nitrogen and oxygen atoms in total. The highest BCUT2D eigenvalue weighted by atomic mass is 79.9. The summed E-state index contributed by atoms with van der Waals surface area (Å²) in [5.74, 6) is -0.562. The van der Waals surface area contributed by atoms with Gasteiger partial charge in [-0.3, -0.25) is 19.1 Å². The highest BCUT2D eigenvalue weighted by Gasteiger charge is 2.55. The first-order valence-corrected chi connectivity index (χ1v) is 11.4. The zero-order valence-electron chi connectivity index (χ0n) is 16.9. The molecule has 3 atom stereocenters. The van der Waals surface area contributed by atoms with Gasteiger partial charge in [0, 0.05) is 22.1 Å². The predicted octanol–water partition coefficient (Wildman–Crippen LogP) is 2.75. The van der Waals surface area contributed by atoms with E-state index in [-0.39, 0.29) is 36.4 Å². The zero-order chi connectivity index (χ0) is 22.6. The van der Waals surface area contributed by atoms with Gasteiger partial charge in [-0.1, -0.05) is 17.7 Å². The van der Waals surface area contributed by atoms with Gasteiger partial charge in [-0.05, 0) is 65.0 Å². The molecule has 164 valence electrons. The fourth-order valence-corrected chi connectivity index (χ4v) is 5.15. The minimum atomic E-state index is -0.679. The van der Waals surface area contributed by atoms with Gasteiger partial charge in [-0.25, -0.2) is 4.98 Å². The number of ketones is 1. The summed E-state index contributed by atoms with van der Waals surface area (Å²) < 4.78 is 2.11. The number of rotatable bonds is 6. The van der Waals surface area contributed by atoms with E-state index >= 15 is 0 Å². The number of pyridine rings is 1. The van der Waals surface area contributed by atoms with Crippen LogP contribution in [0, 0.1) is 5.92 Å². The van der Waals surface area contributed by atoms with E-state index < -0.39 is 11.9 Å². The summed E-state index contributed by atoms with van der Waals surface area (Å²) in [6.07, 6.45) is 1.74. The SMILES string of the molecule is NC(=O)c1nn(CC(=O)N2[C@@H]3C[C@@H]3C[C@H]2C(=O)Cc2cccc(Br)n2)c2cc(Cl)ccc12. The largest absolute Gasteiger partial charge is 0.364 e. The van der Waals surface area contributed by atoms with Crippen LogP contribution in [-0.2, 0) is 22.6 Å². The van der Waals surface area contributed by atoms with Crippen LogP contribution in [0.2, 0.25) is 5.02 Å². The number of carbonyl (C=O) groups is 3. The Balaban J connectivity index is 1.39. The highest BCUT2D eigenvalue weighted by molar-refractivity contribution is 9.10. The molecule has 10 heteroatoms. The van der Waals surface area contributed by atoms with Crippen LogP contribution in [0.25, 0.3) is 10.9 Å². The Labute approximate surface area is 196 Å². The molecule has 0 spiro atoms. The second-order valence-electron chi connectivity index (χ2n) is 8.24. The number of piperidine rings is 1. The van der Waals surface area contributed by atoms with Crippen molar-refractivity contribution in [3.8, 4) is 0 Å². The van der Waals surface area contributed by atoms with Gasteiger partial charge < -0.3 is 10.6 Å². The fourth-order valence-electron chi connectivity index (χ4n) is 4.61. The van der Waals surface area contributed by atoms with Gasteiger partial charge in [-0.15, -0.1) is 0 Å². The van der Waals surface area contributed by atoms with Gasteiger partial charge in [0.25, 0.3) is 5.91 Å². The fraction of sp³-hybridized carbons (Fsp3) is 0.318. The zero-order valence-corrected chi connectivity index (χ0v) is 19.2. The number of aromatic nitrogens is 3. The first kappa shape index (κ1) is 21.1. The molecule has 1 saturated carbocycles. The smallest absolute Gasteiger partial charge is 0.269 e. The monoisotopic (exact) mass is 515 g/mol. The molecule has 2 amide bonds. The average Bonchev–Trinajstić information content (AvgIpc) is 3.25. The van der Waals surface area contributed by atoms with Crippen LogP contribution in [0.15, 0.2) is 41.0 Å². The van der Waals surface area contributed by atoms with Crippen molar-refractivity contribution in [1.29, 1.82) is 0 Å². The molecule has 1 saturated heterocycles. The predicted molar refractivity (Wildman–Crippen MR) is 121 cm³/mol. The standard InChI is InChI=1S/C22H19BrClN5O3/c23-19-3-1-2-13(26-19)9-18(30)17-7-11-6-15(11)29(17)20(31)10-28-16-8-12(24)4-5-14(16)21(27-28)22(25)32/h1-5,8,11,15,17H,6-7,9-10H2,(H2,25,32)/t11-,15-,17+/m1/s1. The van der Waals surface area contributed by atoms with Gasteiger partial charge in [0.05, 0.1) is 18.0 Å². The van der Waals surface area contributed by atoms with Crippen molar-refractivity contribution in [2.75, 3.05) is 0 Å². The van der Waals surface area contributed by atoms with E-state index in [2.05, 4.69) is 26.0 Å². The van der Waals surface area contributed by atoms with Crippen molar-refractivity contribution in [2.45, 2.75) is 37.9 Å². The number of amides is 2. The van der Waals surface area contributed by atoms with Crippen LogP contribution in [0.3, 0.4) is 0 Å². The van der Waals surface area contributed by atoms with Crippen molar-refractivity contribution in [3.05, 3.63) is 57.4 Å². The van der Waals surface area contributed by atoms with Crippen LogP contribution in [-0.4, -0.2) is 49.3 Å². The van der Waals surface area contributed by atoms with E-state index in [4.69, 9.17) is 17.3 Å². The number of hydrogen-bond acceptors (Lipinski definition) is 5. The maximum atomic E-state index is 13.3. The lowest BCUT2D eigenvalue weighted by molar-refractivity contribution is -0.139. The molecule has 2 fully saturated rings. The third-order valence-corrected chi connectivity index (χ3v) is 6.80. The lowest BCUT2D eigenvalue weighted by atomic mass is 10.0. The molecule has 0 unspecified atom stereocenters. The van der Waals surface area contributed by atoms with E-state index in [1.807, 2.05) is 6.07 Å². The lowest BCUT2D eigenvalue weighted by Gasteiger charge is -2.26. The summed E-state index contributed by atoms with van der Waals surface area (Å²) in [7, 11) is 0. The van der Waals surface area contributed by atoms with Crippen molar-refractivity contribution in [1.82, 2.24) is 19.7 Å². The molecule has 0 bridgehead atoms. The van der Waals surface area contributed by atoms with Crippen LogP contribution < -0.4 is 5.73 Å². The first-order valence-electron chi connectivity index (χ1n) is 10.2. The number of benzene rings is 1. The number of hydrogen-bond donors (Lipinski definition) is 1. The number of primary amides is 1. The summed E-state index contributed by atoms with van der Waals surface area (Å²) in [5, 5.41) is 5.26. The van der Waals surface area contributed by atoms with E-state index in [1.165, 1.54) is 4.68 Å². The van der Waals surface area contributed by atoms with E-state index in [1.54, 1.807) is 35.2 Å². The average molecular weight is 517 g/mol. The Morgan fingerprint density at radius 2 is 2.00 bits per heavy atom. The number of likely N-dealkylation sites (tertiary alicyclic amines) is 1. The van der Waals surface area contributed by atoms with E-state index in [9.17, 15) is 14.4 Å². The molecule has 1 aliphatic carbocycles. The Kier molecular flexibility index (Phi) is 5.25. The summed E-state index contributed by atoms with van der Waals surface area (Å²) in [6, 6.07) is 9.99. The number of fused-ring (bicyclic) bond motifs is 2. The minimum absolute atomic E-state index is 0.0256. The summed E-state index contributed by atoms with van der Waals surface area (Å²) >= 11 is 9.44. The quantitative estimate of drug-likeness (QED) is 0.507. The molecular weight excluding hydrogens is 498 g/mol. The topological polar surface area (TPSA) is 111 Å². The van der Waals surface area contributed by atoms with Crippen molar-refractivity contribution >= 4 is 56.0 Å². The molecule has 0 radical (unpaired) electrons. The van der Waals surface area contributed by atoms with Gasteiger partial charge in [0.15, 0.2) is 11.5 Å². The van der Waals surface area contributed by atoms with E-state index in [0.717, 1.165) is 6.42 Å². The van der Waals surface area contributed by atoms with Crippen molar-refractivity contribution in [3.63, 3.8) is 0 Å². The van der Waals surface area contributed by atoms with Crippen LogP contribution in [0.1, 0.15) is 29.0 Å². The van der Waals surface area contributed by atoms with Crippen LogP contribution >= 0.6 is 27.5 Å². The third-order valence-electron chi connectivity index (χ3n) is 6.12. The van der Waals surface area contributed by atoms with Crippen molar-refractivity contribution in [2.24, 2.45) is 11.7 Å². The number of nitrogens with two attached hydrogens (primary N) is 1. The second-order valence-corrected chi connectivity index (χ2v) is 9.49. The number of carbonyl (C=O) groups excluding carboxylic acids is 3. The second kappa shape index (κ2) is 7.97. The molecule has 1 aromatic carbocycles. The molecule has 2 N–H and O–H groups in total. The molecule has 32 heavy (non-hydrogen) atoms. The molecule has 2 aromatic heterocycles. The van der Waals surface area contributed by atoms with Crippen molar-refractivity contribution < 1.29 is 14.4 Å². The summed E-state index contributed by atoms with van der Waals surface area (Å²) in [4.78, 5) is 44.2. The molecular formula is C22H19BrClN5O3. The van der Waals surface area contributed by atoms with Gasteiger partial charge in [0.2, 0.25) is 5.91 Å². The minimum Gasteiger partial charge on any atom is -0.364 e. The molecule has 1 aliphatic heterocycles. The van der Waals surface area contributed by atoms with E-state index in [0.29, 0.717) is 38.6 Å². The Hall–Kier alpha value is -2.78. The maximum absolute atomic E-state index is 13.3. The summed E-state index contributed by atoms with van der Waals surface area (Å²) in [6.45, 7) is -0.105.